The first-order valence-corrected chi connectivity index (χ1v) is 9.74. The average Bonchev–Trinajstić information content (AvgIpc) is 3.05. The molecule has 0 amide bonds. The number of allylic oxidation sites excluding steroid dienone is 1. The standard InChI is InChI=1S/C18H29N7/c1-24-8-5-18(11-24)6-9-25(12-18)17-19-7-4-15(21-17)20-16-10-14(22-23-16)13-2-3-13/h10,13,16,22-23H,2-9,11-12H2,1H3,(H,19,20,21). The molecular formula is C18H29N7. The Bertz CT molecular complexity index is 635. The maximum absolute atomic E-state index is 4.86. The lowest BCUT2D eigenvalue weighted by Gasteiger charge is -2.28. The molecule has 5 aliphatic rings. The van der Waals surface area contributed by atoms with Crippen LogP contribution in [-0.4, -0.2) is 67.5 Å². The summed E-state index contributed by atoms with van der Waals surface area (Å²) in [6, 6.07) is 0. The molecule has 3 N–H and O–H groups in total. The van der Waals surface area contributed by atoms with Crippen molar-refractivity contribution in [2.45, 2.75) is 38.3 Å². The molecule has 0 aromatic carbocycles. The van der Waals surface area contributed by atoms with Gasteiger partial charge in [0.25, 0.3) is 0 Å². The number of hydrogen-bond acceptors (Lipinski definition) is 6. The maximum atomic E-state index is 4.86. The summed E-state index contributed by atoms with van der Waals surface area (Å²) in [5, 5.41) is 3.51. The maximum Gasteiger partial charge on any atom is 0.199 e. The summed E-state index contributed by atoms with van der Waals surface area (Å²) in [5.74, 6) is 2.83. The highest BCUT2D eigenvalue weighted by Gasteiger charge is 2.43. The van der Waals surface area contributed by atoms with E-state index in [0.717, 1.165) is 43.8 Å². The fraction of sp³-hybridized carbons (Fsp3) is 0.778. The molecule has 0 bridgehead atoms. The van der Waals surface area contributed by atoms with Gasteiger partial charge in [-0.3, -0.25) is 4.99 Å². The number of nitrogens with zero attached hydrogens (tertiary/aromatic N) is 4. The lowest BCUT2D eigenvalue weighted by atomic mass is 9.86. The molecule has 4 aliphatic heterocycles. The highest BCUT2D eigenvalue weighted by molar-refractivity contribution is 6.01. The van der Waals surface area contributed by atoms with Crippen LogP contribution in [0.3, 0.4) is 0 Å². The Hall–Kier alpha value is -1.60. The second kappa shape index (κ2) is 5.99. The summed E-state index contributed by atoms with van der Waals surface area (Å²) in [6.45, 7) is 5.54. The van der Waals surface area contributed by atoms with Crippen molar-refractivity contribution >= 4 is 11.8 Å². The van der Waals surface area contributed by atoms with Crippen molar-refractivity contribution in [2.75, 3.05) is 39.8 Å². The zero-order valence-corrected chi connectivity index (χ0v) is 15.1. The van der Waals surface area contributed by atoms with Crippen LogP contribution in [0.4, 0.5) is 0 Å². The Balaban J connectivity index is 1.23. The topological polar surface area (TPSA) is 67.3 Å². The molecular weight excluding hydrogens is 314 g/mol. The molecule has 1 spiro atoms. The number of aliphatic imine (C=N–C) groups is 2. The molecule has 3 fully saturated rings. The van der Waals surface area contributed by atoms with E-state index in [4.69, 9.17) is 9.98 Å². The second-order valence-electron chi connectivity index (χ2n) is 8.43. The zero-order chi connectivity index (χ0) is 16.9. The van der Waals surface area contributed by atoms with Crippen molar-refractivity contribution in [1.29, 1.82) is 0 Å². The quantitative estimate of drug-likeness (QED) is 0.681. The molecule has 2 unspecified atom stereocenters. The van der Waals surface area contributed by atoms with Gasteiger partial charge >= 0.3 is 0 Å². The molecule has 136 valence electrons. The molecule has 7 nitrogen and oxygen atoms in total. The van der Waals surface area contributed by atoms with Crippen LogP contribution < -0.4 is 16.2 Å². The predicted molar refractivity (Wildman–Crippen MR) is 99.1 cm³/mol. The number of hydrazine groups is 1. The largest absolute Gasteiger partial charge is 0.342 e. The van der Waals surface area contributed by atoms with Gasteiger partial charge in [-0.1, -0.05) is 0 Å². The van der Waals surface area contributed by atoms with E-state index in [9.17, 15) is 0 Å². The molecule has 5 rings (SSSR count). The van der Waals surface area contributed by atoms with Crippen LogP contribution in [0.2, 0.25) is 0 Å². The van der Waals surface area contributed by atoms with Gasteiger partial charge in [0, 0.05) is 43.7 Å². The van der Waals surface area contributed by atoms with Crippen LogP contribution in [-0.2, 0) is 0 Å². The fourth-order valence-corrected chi connectivity index (χ4v) is 4.66. The molecule has 4 heterocycles. The Labute approximate surface area is 149 Å². The predicted octanol–water partition coefficient (Wildman–Crippen LogP) is 0.490. The average molecular weight is 343 g/mol. The highest BCUT2D eigenvalue weighted by atomic mass is 15.4. The smallest absolute Gasteiger partial charge is 0.199 e. The summed E-state index contributed by atoms with van der Waals surface area (Å²) in [6.07, 6.45) is 8.40. The van der Waals surface area contributed by atoms with E-state index in [1.54, 1.807) is 0 Å². The van der Waals surface area contributed by atoms with Gasteiger partial charge in [-0.15, -0.1) is 0 Å². The van der Waals surface area contributed by atoms with E-state index in [1.807, 2.05) is 0 Å². The third-order valence-electron chi connectivity index (χ3n) is 6.25. The van der Waals surface area contributed by atoms with Crippen molar-refractivity contribution < 1.29 is 0 Å². The van der Waals surface area contributed by atoms with Crippen molar-refractivity contribution in [1.82, 2.24) is 26.0 Å². The van der Waals surface area contributed by atoms with Crippen molar-refractivity contribution in [3.05, 3.63) is 11.8 Å². The summed E-state index contributed by atoms with van der Waals surface area (Å²) in [5.41, 5.74) is 8.37. The van der Waals surface area contributed by atoms with Crippen LogP contribution in [0.25, 0.3) is 0 Å². The van der Waals surface area contributed by atoms with Gasteiger partial charge in [0.2, 0.25) is 0 Å². The molecule has 0 radical (unpaired) electrons. The summed E-state index contributed by atoms with van der Waals surface area (Å²) in [7, 11) is 2.24. The lowest BCUT2D eigenvalue weighted by Crippen LogP contribution is -2.47. The van der Waals surface area contributed by atoms with E-state index in [0.29, 0.717) is 5.41 Å². The van der Waals surface area contributed by atoms with Crippen LogP contribution in [0, 0.1) is 11.3 Å². The third kappa shape index (κ3) is 3.15. The minimum absolute atomic E-state index is 0.0471. The first-order valence-electron chi connectivity index (χ1n) is 9.74. The molecule has 2 saturated heterocycles. The Morgan fingerprint density at radius 1 is 1.24 bits per heavy atom. The van der Waals surface area contributed by atoms with Gasteiger partial charge < -0.3 is 20.5 Å². The number of guanidine groups is 1. The monoisotopic (exact) mass is 343 g/mol. The van der Waals surface area contributed by atoms with Crippen LogP contribution in [0.1, 0.15) is 32.1 Å². The third-order valence-corrected chi connectivity index (χ3v) is 6.25. The van der Waals surface area contributed by atoms with E-state index < -0.39 is 0 Å². The minimum atomic E-state index is 0.0471. The normalized spacial score (nSPS) is 37.4. The minimum Gasteiger partial charge on any atom is -0.342 e. The molecule has 2 atom stereocenters. The Morgan fingerprint density at radius 3 is 2.92 bits per heavy atom. The van der Waals surface area contributed by atoms with Crippen LogP contribution in [0.15, 0.2) is 21.8 Å². The number of amidine groups is 1. The molecule has 0 aromatic heterocycles. The lowest BCUT2D eigenvalue weighted by molar-refractivity contribution is 0.291. The first-order chi connectivity index (χ1) is 12.2. The van der Waals surface area contributed by atoms with Crippen LogP contribution >= 0.6 is 0 Å². The van der Waals surface area contributed by atoms with Gasteiger partial charge in [0.05, 0.1) is 0 Å². The van der Waals surface area contributed by atoms with Crippen molar-refractivity contribution in [3.63, 3.8) is 0 Å². The van der Waals surface area contributed by atoms with Crippen molar-refractivity contribution in [2.24, 2.45) is 21.3 Å². The van der Waals surface area contributed by atoms with E-state index in [1.165, 1.54) is 44.5 Å². The molecule has 1 saturated carbocycles. The van der Waals surface area contributed by atoms with Gasteiger partial charge in [0.1, 0.15) is 12.0 Å². The molecule has 0 aromatic rings. The molecule has 25 heavy (non-hydrogen) atoms. The molecule has 7 heteroatoms. The highest BCUT2D eigenvalue weighted by Crippen LogP contribution is 2.39. The Morgan fingerprint density at radius 2 is 2.12 bits per heavy atom. The number of likely N-dealkylation sites (tertiary alicyclic amines) is 2. The van der Waals surface area contributed by atoms with Crippen LogP contribution in [0.5, 0.6) is 0 Å². The van der Waals surface area contributed by atoms with E-state index in [-0.39, 0.29) is 6.17 Å². The summed E-state index contributed by atoms with van der Waals surface area (Å²) >= 11 is 0. The van der Waals surface area contributed by atoms with Gasteiger partial charge in [0.15, 0.2) is 5.96 Å². The first kappa shape index (κ1) is 15.6. The SMILES string of the molecule is CN1CCC2(CCN(C3=NCCC(=NC4C=C(C5CC5)NN4)N3)C2)C1. The number of hydrogen-bond donors (Lipinski definition) is 3. The van der Waals surface area contributed by atoms with Crippen molar-refractivity contribution in [3.8, 4) is 0 Å². The molecule has 1 aliphatic carbocycles. The second-order valence-corrected chi connectivity index (χ2v) is 8.43. The Kier molecular flexibility index (Phi) is 3.74. The summed E-state index contributed by atoms with van der Waals surface area (Å²) in [4.78, 5) is 14.5. The van der Waals surface area contributed by atoms with Gasteiger partial charge in [-0.25, -0.2) is 10.4 Å². The van der Waals surface area contributed by atoms with Gasteiger partial charge in [-0.05, 0) is 51.3 Å². The number of nitrogens with one attached hydrogen (secondary N) is 3. The van der Waals surface area contributed by atoms with Gasteiger partial charge in [-0.2, -0.15) is 0 Å². The number of rotatable bonds is 2. The van der Waals surface area contributed by atoms with E-state index >= 15 is 0 Å². The summed E-state index contributed by atoms with van der Waals surface area (Å²) < 4.78 is 0. The zero-order valence-electron chi connectivity index (χ0n) is 15.1. The van der Waals surface area contributed by atoms with E-state index in [2.05, 4.69) is 39.1 Å². The fourth-order valence-electron chi connectivity index (χ4n) is 4.66.